The van der Waals surface area contributed by atoms with Crippen molar-refractivity contribution in [2.75, 3.05) is 40.5 Å². The molecule has 0 aliphatic carbocycles. The fourth-order valence-electron chi connectivity index (χ4n) is 7.15. The number of ether oxygens (including phenoxy) is 4. The van der Waals surface area contributed by atoms with Gasteiger partial charge in [-0.3, -0.25) is 19.2 Å². The lowest BCUT2D eigenvalue weighted by atomic mass is 9.80. The van der Waals surface area contributed by atoms with E-state index in [1.165, 1.54) is 38.5 Å². The van der Waals surface area contributed by atoms with Gasteiger partial charge in [0, 0.05) is 19.3 Å². The van der Waals surface area contributed by atoms with Crippen LogP contribution in [0.1, 0.15) is 227 Å². The molecule has 0 aliphatic rings. The lowest BCUT2D eigenvalue weighted by Gasteiger charge is -2.37. The Bertz CT molecular complexity index is 1130. The van der Waals surface area contributed by atoms with Crippen LogP contribution in [0.5, 0.6) is 0 Å². The highest BCUT2D eigenvalue weighted by molar-refractivity contribution is 5.80. The molecular weight excluding hydrogens is 779 g/mol. The molecule has 0 amide bonds. The zero-order valence-electron chi connectivity index (χ0n) is 41.0. The number of carbonyl (C=O) groups excluding carboxylic acids is 4. The van der Waals surface area contributed by atoms with E-state index in [0.29, 0.717) is 45.1 Å². The first-order valence-corrected chi connectivity index (χ1v) is 25.4. The van der Waals surface area contributed by atoms with Crippen LogP contribution in [0.25, 0.3) is 0 Å². The van der Waals surface area contributed by atoms with Crippen molar-refractivity contribution in [3.05, 3.63) is 36.5 Å². The Balaban J connectivity index is 5.99. The standard InChI is InChI=1S/C53H95NO8/c1-7-11-14-17-20-23-25-28-31-34-37-41-49(55)60-46-53(52(58)59-45-10-4,47-61-50(56)42-38-35-32-29-26-24-21-18-15-12-8-2)48(62-51(57)43-39-44-54(5)6)40-36-33-30-27-22-19-16-13-9-3/h17-22,48H,7-16,23-47H2,1-6H3/b20-17-,21-18-,22-19-. The van der Waals surface area contributed by atoms with E-state index >= 15 is 0 Å². The molecule has 0 N–H and O–H groups in total. The summed E-state index contributed by atoms with van der Waals surface area (Å²) in [6.07, 6.45) is 40.6. The van der Waals surface area contributed by atoms with E-state index in [0.717, 1.165) is 103 Å². The van der Waals surface area contributed by atoms with Crippen LogP contribution in [0.4, 0.5) is 0 Å². The molecule has 62 heavy (non-hydrogen) atoms. The van der Waals surface area contributed by atoms with E-state index in [1.54, 1.807) is 0 Å². The quantitative estimate of drug-likeness (QED) is 0.0256. The SMILES string of the molecule is CCCC/C=C\CCCCCCCC(=O)OCC(COC(=O)CCCCCCC/C=C\CCCC)(C(=O)OCCC)C(CCCCC/C=C\CCCC)OC(=O)CCCN(C)C. The predicted octanol–water partition coefficient (Wildman–Crippen LogP) is 13.9. The third-order valence-corrected chi connectivity index (χ3v) is 11.2. The highest BCUT2D eigenvalue weighted by Gasteiger charge is 2.52. The maximum atomic E-state index is 14.3. The summed E-state index contributed by atoms with van der Waals surface area (Å²) in [5.74, 6) is -1.96. The molecule has 0 aromatic carbocycles. The number of esters is 4. The minimum Gasteiger partial charge on any atom is -0.465 e. The molecule has 1 atom stereocenters. The second-order valence-electron chi connectivity index (χ2n) is 17.6. The van der Waals surface area contributed by atoms with Crippen molar-refractivity contribution in [3.63, 3.8) is 0 Å². The van der Waals surface area contributed by atoms with Gasteiger partial charge in [0.05, 0.1) is 6.61 Å². The molecule has 9 heteroatoms. The van der Waals surface area contributed by atoms with Crippen molar-refractivity contribution in [3.8, 4) is 0 Å². The van der Waals surface area contributed by atoms with E-state index in [-0.39, 0.29) is 25.9 Å². The molecule has 1 unspecified atom stereocenters. The Labute approximate surface area is 381 Å². The maximum absolute atomic E-state index is 14.3. The first-order chi connectivity index (χ1) is 30.2. The number of carbonyl (C=O) groups is 4. The van der Waals surface area contributed by atoms with Crippen molar-refractivity contribution >= 4 is 23.9 Å². The van der Waals surface area contributed by atoms with Gasteiger partial charge in [0.1, 0.15) is 19.3 Å². The summed E-state index contributed by atoms with van der Waals surface area (Å²) in [6, 6.07) is 0. The van der Waals surface area contributed by atoms with Gasteiger partial charge in [-0.05, 0) is 117 Å². The molecular formula is C53H95NO8. The van der Waals surface area contributed by atoms with Gasteiger partial charge >= 0.3 is 23.9 Å². The first-order valence-electron chi connectivity index (χ1n) is 25.4. The Kier molecular flexibility index (Phi) is 41.3. The second kappa shape index (κ2) is 43.3. The average Bonchev–Trinajstić information content (AvgIpc) is 3.25. The van der Waals surface area contributed by atoms with Crippen molar-refractivity contribution in [2.45, 2.75) is 233 Å². The zero-order valence-corrected chi connectivity index (χ0v) is 41.0. The highest BCUT2D eigenvalue weighted by atomic mass is 16.6. The smallest absolute Gasteiger partial charge is 0.322 e. The Morgan fingerprint density at radius 1 is 0.452 bits per heavy atom. The van der Waals surface area contributed by atoms with Crippen LogP contribution in [0.2, 0.25) is 0 Å². The monoisotopic (exact) mass is 874 g/mol. The average molecular weight is 874 g/mol. The maximum Gasteiger partial charge on any atom is 0.322 e. The van der Waals surface area contributed by atoms with Crippen LogP contribution in [0, 0.1) is 5.41 Å². The minimum absolute atomic E-state index is 0.138. The molecule has 0 bridgehead atoms. The summed E-state index contributed by atoms with van der Waals surface area (Å²) in [7, 11) is 3.90. The molecule has 0 spiro atoms. The van der Waals surface area contributed by atoms with E-state index in [4.69, 9.17) is 18.9 Å². The Morgan fingerprint density at radius 3 is 1.26 bits per heavy atom. The number of hydrogen-bond acceptors (Lipinski definition) is 9. The summed E-state index contributed by atoms with van der Waals surface area (Å²) < 4.78 is 23.9. The van der Waals surface area contributed by atoms with Crippen LogP contribution in [0.3, 0.4) is 0 Å². The number of allylic oxidation sites excluding steroid dienone is 6. The number of nitrogens with zero attached hydrogens (tertiary/aromatic N) is 1. The number of rotatable bonds is 44. The van der Waals surface area contributed by atoms with Gasteiger partial charge in [0.15, 0.2) is 5.41 Å². The Morgan fingerprint density at radius 2 is 0.839 bits per heavy atom. The summed E-state index contributed by atoms with van der Waals surface area (Å²) in [6.45, 7) is 8.56. The van der Waals surface area contributed by atoms with Gasteiger partial charge in [-0.2, -0.15) is 0 Å². The van der Waals surface area contributed by atoms with Gasteiger partial charge < -0.3 is 23.8 Å². The molecule has 0 aromatic heterocycles. The third kappa shape index (κ3) is 34.5. The van der Waals surface area contributed by atoms with Crippen molar-refractivity contribution in [2.24, 2.45) is 5.41 Å². The number of unbranched alkanes of at least 4 members (excludes halogenated alkanes) is 19. The normalized spacial score (nSPS) is 12.5. The minimum atomic E-state index is -1.70. The largest absolute Gasteiger partial charge is 0.465 e. The predicted molar refractivity (Wildman–Crippen MR) is 257 cm³/mol. The first kappa shape index (κ1) is 59.1. The summed E-state index contributed by atoms with van der Waals surface area (Å²) in [5, 5.41) is 0. The topological polar surface area (TPSA) is 108 Å². The summed E-state index contributed by atoms with van der Waals surface area (Å²) in [4.78, 5) is 56.5. The van der Waals surface area contributed by atoms with Crippen molar-refractivity contribution in [1.82, 2.24) is 4.90 Å². The molecule has 0 heterocycles. The molecule has 0 saturated heterocycles. The van der Waals surface area contributed by atoms with E-state index in [2.05, 4.69) is 57.2 Å². The molecule has 0 saturated carbocycles. The van der Waals surface area contributed by atoms with Gasteiger partial charge in [-0.1, -0.05) is 148 Å². The molecule has 360 valence electrons. The third-order valence-electron chi connectivity index (χ3n) is 11.2. The fraction of sp³-hybridized carbons (Fsp3) is 0.811. The van der Waals surface area contributed by atoms with Crippen LogP contribution >= 0.6 is 0 Å². The van der Waals surface area contributed by atoms with Gasteiger partial charge in [-0.25, -0.2) is 0 Å². The lowest BCUT2D eigenvalue weighted by molar-refractivity contribution is -0.191. The lowest BCUT2D eigenvalue weighted by Crippen LogP contribution is -2.53. The van der Waals surface area contributed by atoms with Crippen LogP contribution in [-0.2, 0) is 38.1 Å². The Hall–Kier alpha value is -2.94. The van der Waals surface area contributed by atoms with Crippen LogP contribution in [0.15, 0.2) is 36.5 Å². The molecule has 0 radical (unpaired) electrons. The highest BCUT2D eigenvalue weighted by Crippen LogP contribution is 2.33. The molecule has 0 aromatic rings. The molecule has 9 nitrogen and oxygen atoms in total. The van der Waals surface area contributed by atoms with Gasteiger partial charge in [0.2, 0.25) is 0 Å². The van der Waals surface area contributed by atoms with Gasteiger partial charge in [0.25, 0.3) is 0 Å². The van der Waals surface area contributed by atoms with Crippen molar-refractivity contribution < 1.29 is 38.1 Å². The fourth-order valence-corrected chi connectivity index (χ4v) is 7.15. The molecule has 0 rings (SSSR count). The molecule has 0 aliphatic heterocycles. The van der Waals surface area contributed by atoms with Crippen molar-refractivity contribution in [1.29, 1.82) is 0 Å². The van der Waals surface area contributed by atoms with E-state index in [1.807, 2.05) is 25.9 Å². The van der Waals surface area contributed by atoms with E-state index in [9.17, 15) is 19.2 Å². The summed E-state index contributed by atoms with van der Waals surface area (Å²) >= 11 is 0. The zero-order chi connectivity index (χ0) is 45.8. The van der Waals surface area contributed by atoms with Crippen LogP contribution in [-0.4, -0.2) is 75.3 Å². The summed E-state index contributed by atoms with van der Waals surface area (Å²) in [5.41, 5.74) is -1.70. The van der Waals surface area contributed by atoms with Gasteiger partial charge in [-0.15, -0.1) is 0 Å². The number of hydrogen-bond donors (Lipinski definition) is 0. The second-order valence-corrected chi connectivity index (χ2v) is 17.6. The molecule has 0 fully saturated rings. The van der Waals surface area contributed by atoms with Crippen LogP contribution < -0.4 is 0 Å². The van der Waals surface area contributed by atoms with E-state index < -0.39 is 48.6 Å².